The number of hydrogen-bond acceptors (Lipinski definition) is 6. The molecule has 82 valence electrons. The highest BCUT2D eigenvalue weighted by atomic mass is 32.1. The smallest absolute Gasteiger partial charge is 0.326 e. The van der Waals surface area contributed by atoms with Gasteiger partial charge in [-0.2, -0.15) is 0 Å². The lowest BCUT2D eigenvalue weighted by Gasteiger charge is -2.11. The molecule has 3 N–H and O–H groups in total. The summed E-state index contributed by atoms with van der Waals surface area (Å²) in [6, 6.07) is -1.55. The van der Waals surface area contributed by atoms with Gasteiger partial charge in [-0.05, 0) is 11.6 Å². The van der Waals surface area contributed by atoms with Crippen molar-refractivity contribution in [3.05, 3.63) is 0 Å². The van der Waals surface area contributed by atoms with Crippen molar-refractivity contribution in [3.63, 3.8) is 0 Å². The molecule has 1 rings (SSSR count). The van der Waals surface area contributed by atoms with Crippen LogP contribution in [0.15, 0.2) is 0 Å². The Morgan fingerprint density at radius 2 is 2.33 bits per heavy atom. The first-order valence-electron chi connectivity index (χ1n) is 4.08. The second kappa shape index (κ2) is 5.20. The third-order valence-electron chi connectivity index (χ3n) is 1.53. The summed E-state index contributed by atoms with van der Waals surface area (Å²) in [5, 5.41) is 20.2. The van der Waals surface area contributed by atoms with Gasteiger partial charge in [-0.3, -0.25) is 5.32 Å². The molecule has 0 fully saturated rings. The first kappa shape index (κ1) is 11.3. The zero-order valence-electron chi connectivity index (χ0n) is 7.80. The summed E-state index contributed by atoms with van der Waals surface area (Å²) < 4.78 is 3.43. The molecule has 9 heteroatoms. The largest absolute Gasteiger partial charge is 0.480 e. The van der Waals surface area contributed by atoms with Crippen LogP contribution >= 0.6 is 11.5 Å². The Morgan fingerprint density at radius 1 is 1.60 bits per heavy atom. The van der Waals surface area contributed by atoms with Gasteiger partial charge in [0.15, 0.2) is 0 Å². The summed E-state index contributed by atoms with van der Waals surface area (Å²) in [6.45, 7) is 1.66. The molecule has 0 saturated carbocycles. The molecule has 0 unspecified atom stereocenters. The number of nitrogens with zero attached hydrogens (tertiary/aromatic N) is 3. The van der Waals surface area contributed by atoms with E-state index in [1.807, 2.05) is 0 Å². The van der Waals surface area contributed by atoms with E-state index in [4.69, 9.17) is 5.11 Å². The molecule has 1 aromatic rings. The van der Waals surface area contributed by atoms with Crippen molar-refractivity contribution in [1.82, 2.24) is 20.1 Å². The Bertz CT molecular complexity index is 341. The van der Waals surface area contributed by atoms with E-state index in [1.54, 1.807) is 6.92 Å². The number of anilines is 1. The molecule has 0 aliphatic rings. The SMILES string of the molecule is CC[C@H](NC(=O)Nc1nnns1)C(=O)O. The molecular weight excluding hydrogens is 222 g/mol. The Morgan fingerprint density at radius 3 is 2.80 bits per heavy atom. The van der Waals surface area contributed by atoms with Crippen LogP contribution in [-0.4, -0.2) is 37.9 Å². The summed E-state index contributed by atoms with van der Waals surface area (Å²) in [6.07, 6.45) is 0.303. The molecule has 0 aromatic carbocycles. The van der Waals surface area contributed by atoms with Crippen LogP contribution in [0, 0.1) is 0 Å². The maximum Gasteiger partial charge on any atom is 0.326 e. The van der Waals surface area contributed by atoms with Crippen molar-refractivity contribution in [3.8, 4) is 0 Å². The molecule has 0 radical (unpaired) electrons. The first-order valence-corrected chi connectivity index (χ1v) is 4.86. The number of amides is 2. The van der Waals surface area contributed by atoms with E-state index < -0.39 is 18.0 Å². The molecule has 8 nitrogen and oxygen atoms in total. The van der Waals surface area contributed by atoms with Crippen molar-refractivity contribution in [1.29, 1.82) is 0 Å². The minimum Gasteiger partial charge on any atom is -0.480 e. The van der Waals surface area contributed by atoms with Crippen LogP contribution in [0.3, 0.4) is 0 Å². The van der Waals surface area contributed by atoms with Crippen LogP contribution < -0.4 is 10.6 Å². The zero-order valence-corrected chi connectivity index (χ0v) is 8.61. The summed E-state index contributed by atoms with van der Waals surface area (Å²) in [5.41, 5.74) is 0. The predicted octanol–water partition coefficient (Wildman–Crippen LogP) is -0.0822. The van der Waals surface area contributed by atoms with Crippen LogP contribution in [0.5, 0.6) is 0 Å². The van der Waals surface area contributed by atoms with Gasteiger partial charge < -0.3 is 10.4 Å². The highest BCUT2D eigenvalue weighted by molar-refractivity contribution is 7.09. The van der Waals surface area contributed by atoms with Gasteiger partial charge in [0.2, 0.25) is 5.13 Å². The van der Waals surface area contributed by atoms with Gasteiger partial charge in [0.25, 0.3) is 0 Å². The van der Waals surface area contributed by atoms with Crippen LogP contribution in [0.4, 0.5) is 9.93 Å². The van der Waals surface area contributed by atoms with Crippen LogP contribution in [0.1, 0.15) is 13.3 Å². The maximum atomic E-state index is 11.2. The Labute approximate surface area is 88.9 Å². The quantitative estimate of drug-likeness (QED) is 0.667. The molecule has 1 aromatic heterocycles. The molecular formula is C6H9N5O3S. The van der Waals surface area contributed by atoms with Crippen LogP contribution in [0.2, 0.25) is 0 Å². The van der Waals surface area contributed by atoms with E-state index in [-0.39, 0.29) is 5.13 Å². The number of carbonyl (C=O) groups is 2. The lowest BCUT2D eigenvalue weighted by molar-refractivity contribution is -0.139. The number of aromatic nitrogens is 3. The average molecular weight is 231 g/mol. The molecule has 15 heavy (non-hydrogen) atoms. The highest BCUT2D eigenvalue weighted by Crippen LogP contribution is 2.04. The van der Waals surface area contributed by atoms with Gasteiger partial charge >= 0.3 is 12.0 Å². The minimum atomic E-state index is -1.08. The summed E-state index contributed by atoms with van der Waals surface area (Å²) in [4.78, 5) is 21.8. The minimum absolute atomic E-state index is 0.216. The van der Waals surface area contributed by atoms with Gasteiger partial charge in [0.05, 0.1) is 0 Å². The summed E-state index contributed by atoms with van der Waals surface area (Å²) in [7, 11) is 0. The molecule has 1 heterocycles. The molecule has 1 atom stereocenters. The summed E-state index contributed by atoms with van der Waals surface area (Å²) in [5.74, 6) is -1.08. The number of rotatable bonds is 4. The van der Waals surface area contributed by atoms with Crippen molar-refractivity contribution < 1.29 is 14.7 Å². The number of urea groups is 1. The van der Waals surface area contributed by atoms with E-state index >= 15 is 0 Å². The summed E-state index contributed by atoms with van der Waals surface area (Å²) >= 11 is 0.903. The van der Waals surface area contributed by atoms with E-state index in [0.29, 0.717) is 6.42 Å². The van der Waals surface area contributed by atoms with Gasteiger partial charge in [-0.15, -0.1) is 0 Å². The van der Waals surface area contributed by atoms with Crippen molar-refractivity contribution in [2.45, 2.75) is 19.4 Å². The first-order chi connectivity index (χ1) is 7.13. The normalized spacial score (nSPS) is 11.8. The topological polar surface area (TPSA) is 117 Å². The lowest BCUT2D eigenvalue weighted by Crippen LogP contribution is -2.42. The number of aliphatic carboxylic acids is 1. The second-order valence-corrected chi connectivity index (χ2v) is 3.30. The number of nitrogens with one attached hydrogen (secondary N) is 2. The molecule has 0 spiro atoms. The predicted molar refractivity (Wildman–Crippen MR) is 51.6 cm³/mol. The van der Waals surface area contributed by atoms with E-state index in [2.05, 4.69) is 25.4 Å². The number of carbonyl (C=O) groups excluding carboxylic acids is 1. The number of carboxylic acids is 1. The molecule has 0 aliphatic heterocycles. The monoisotopic (exact) mass is 231 g/mol. The average Bonchev–Trinajstić information content (AvgIpc) is 2.66. The fraction of sp³-hybridized carbons (Fsp3) is 0.500. The number of hydrogen-bond donors (Lipinski definition) is 3. The van der Waals surface area contributed by atoms with Gasteiger partial charge in [-0.1, -0.05) is 16.5 Å². The molecule has 0 bridgehead atoms. The third-order valence-corrected chi connectivity index (χ3v) is 2.04. The highest BCUT2D eigenvalue weighted by Gasteiger charge is 2.17. The molecule has 0 aliphatic carbocycles. The fourth-order valence-electron chi connectivity index (χ4n) is 0.812. The second-order valence-electron chi connectivity index (χ2n) is 2.57. The Balaban J connectivity index is 2.45. The maximum absolute atomic E-state index is 11.2. The Hall–Kier alpha value is -1.77. The fourth-order valence-corrected chi connectivity index (χ4v) is 1.17. The van der Waals surface area contributed by atoms with Crippen LogP contribution in [-0.2, 0) is 4.79 Å². The zero-order chi connectivity index (χ0) is 11.3. The van der Waals surface area contributed by atoms with Crippen LogP contribution in [0.25, 0.3) is 0 Å². The van der Waals surface area contributed by atoms with E-state index in [1.165, 1.54) is 0 Å². The van der Waals surface area contributed by atoms with E-state index in [9.17, 15) is 9.59 Å². The van der Waals surface area contributed by atoms with E-state index in [0.717, 1.165) is 11.5 Å². The van der Waals surface area contributed by atoms with Gasteiger partial charge in [0.1, 0.15) is 6.04 Å². The number of carboxylic acid groups (broad SMARTS) is 1. The standard InChI is InChI=1S/C6H9N5O3S/c1-2-3(4(12)13)7-5(14)8-6-9-10-11-15-6/h3H,2H2,1H3,(H,12,13)(H2,7,8,9,11,14)/t3-/m0/s1. The van der Waals surface area contributed by atoms with Crippen molar-refractivity contribution in [2.75, 3.05) is 5.32 Å². The van der Waals surface area contributed by atoms with Crippen molar-refractivity contribution >= 4 is 28.7 Å². The van der Waals surface area contributed by atoms with Gasteiger partial charge in [0, 0.05) is 11.5 Å². The Kier molecular flexibility index (Phi) is 3.92. The third kappa shape index (κ3) is 3.46. The molecule has 2 amide bonds. The van der Waals surface area contributed by atoms with Crippen molar-refractivity contribution in [2.24, 2.45) is 0 Å². The van der Waals surface area contributed by atoms with Gasteiger partial charge in [-0.25, -0.2) is 9.59 Å². The molecule has 0 saturated heterocycles. The lowest BCUT2D eigenvalue weighted by atomic mass is 10.2.